The summed E-state index contributed by atoms with van der Waals surface area (Å²) in [6, 6.07) is 7.88. The molecule has 2 N–H and O–H groups in total. The van der Waals surface area contributed by atoms with Crippen molar-refractivity contribution >= 4 is 27.3 Å². The third kappa shape index (κ3) is 3.16. The van der Waals surface area contributed by atoms with Crippen LogP contribution in [0.3, 0.4) is 0 Å². The molecule has 1 aliphatic rings. The van der Waals surface area contributed by atoms with Gasteiger partial charge in [0.1, 0.15) is 0 Å². The number of fused-ring (bicyclic) bond motifs is 1. The average Bonchev–Trinajstić information content (AvgIpc) is 2.97. The van der Waals surface area contributed by atoms with Crippen LogP contribution in [0.1, 0.15) is 18.4 Å². The molecule has 0 saturated carbocycles. The van der Waals surface area contributed by atoms with Crippen LogP contribution in [0.5, 0.6) is 0 Å². The summed E-state index contributed by atoms with van der Waals surface area (Å²) >= 11 is 1.72. The van der Waals surface area contributed by atoms with E-state index < -0.39 is 6.04 Å². The number of hydrogen-bond donors (Lipinski definition) is 1. The van der Waals surface area contributed by atoms with Gasteiger partial charge in [-0.3, -0.25) is 4.79 Å². The number of hydrogen-bond acceptors (Lipinski definition) is 4. The highest BCUT2D eigenvalue weighted by Gasteiger charge is 2.28. The van der Waals surface area contributed by atoms with E-state index in [1.165, 1.54) is 15.6 Å². The number of nitrogens with two attached hydrogens (primary N) is 1. The molecule has 1 amide bonds. The quantitative estimate of drug-likeness (QED) is 0.943. The Hall–Kier alpha value is -1.43. The summed E-state index contributed by atoms with van der Waals surface area (Å²) < 4.78 is 6.60. The predicted molar refractivity (Wildman–Crippen MR) is 89.8 cm³/mol. The van der Waals surface area contributed by atoms with Crippen molar-refractivity contribution in [2.75, 3.05) is 20.3 Å². The molecule has 1 saturated heterocycles. The Bertz CT molecular complexity index is 649. The van der Waals surface area contributed by atoms with Gasteiger partial charge >= 0.3 is 0 Å². The van der Waals surface area contributed by atoms with Crippen LogP contribution in [0.4, 0.5) is 0 Å². The standard InChI is InChI=1S/C17H22N2O2S/c1-19(17(20)16(18)12-6-8-21-9-7-12)10-13-11-22-15-5-3-2-4-14(13)15/h2-5,11-12,16H,6-10,18H2,1H3. The van der Waals surface area contributed by atoms with Crippen LogP contribution in [-0.2, 0) is 16.1 Å². The summed E-state index contributed by atoms with van der Waals surface area (Å²) in [5.74, 6) is 0.269. The molecule has 1 aliphatic heterocycles. The highest BCUT2D eigenvalue weighted by atomic mass is 32.1. The lowest BCUT2D eigenvalue weighted by molar-refractivity contribution is -0.133. The number of amides is 1. The molecule has 0 aliphatic carbocycles. The fourth-order valence-corrected chi connectivity index (χ4v) is 3.97. The van der Waals surface area contributed by atoms with E-state index in [-0.39, 0.29) is 11.8 Å². The summed E-state index contributed by atoms with van der Waals surface area (Å²) in [5.41, 5.74) is 7.38. The zero-order valence-electron chi connectivity index (χ0n) is 12.8. The molecule has 0 spiro atoms. The van der Waals surface area contributed by atoms with Crippen LogP contribution in [0.15, 0.2) is 29.6 Å². The molecule has 1 aromatic carbocycles. The van der Waals surface area contributed by atoms with Crippen molar-refractivity contribution in [3.05, 3.63) is 35.2 Å². The van der Waals surface area contributed by atoms with Crippen molar-refractivity contribution < 1.29 is 9.53 Å². The number of rotatable bonds is 4. The fourth-order valence-electron chi connectivity index (χ4n) is 3.02. The van der Waals surface area contributed by atoms with Crippen molar-refractivity contribution in [1.82, 2.24) is 4.90 Å². The van der Waals surface area contributed by atoms with E-state index in [4.69, 9.17) is 10.5 Å². The zero-order valence-corrected chi connectivity index (χ0v) is 13.6. The molecule has 0 radical (unpaired) electrons. The third-order valence-electron chi connectivity index (χ3n) is 4.40. The lowest BCUT2D eigenvalue weighted by Gasteiger charge is -2.29. The van der Waals surface area contributed by atoms with Gasteiger partial charge in [-0.15, -0.1) is 11.3 Å². The average molecular weight is 318 g/mol. The van der Waals surface area contributed by atoms with Crippen molar-refractivity contribution in [2.45, 2.75) is 25.4 Å². The Kier molecular flexibility index (Phi) is 4.76. The Balaban J connectivity index is 1.68. The van der Waals surface area contributed by atoms with E-state index in [2.05, 4.69) is 17.5 Å². The molecule has 118 valence electrons. The van der Waals surface area contributed by atoms with Crippen molar-refractivity contribution in [2.24, 2.45) is 11.7 Å². The number of thiophene rings is 1. The molecule has 5 heteroatoms. The zero-order chi connectivity index (χ0) is 15.5. The molecule has 2 aromatic rings. The summed E-state index contributed by atoms with van der Waals surface area (Å²) in [6.07, 6.45) is 1.75. The Labute approximate surface area is 134 Å². The molecule has 0 bridgehead atoms. The van der Waals surface area contributed by atoms with Gasteiger partial charge in [0, 0.05) is 31.5 Å². The van der Waals surface area contributed by atoms with Gasteiger partial charge in [0.25, 0.3) is 0 Å². The number of carbonyl (C=O) groups is 1. The van der Waals surface area contributed by atoms with Gasteiger partial charge in [-0.05, 0) is 41.2 Å². The highest BCUT2D eigenvalue weighted by molar-refractivity contribution is 7.17. The Morgan fingerprint density at radius 3 is 2.91 bits per heavy atom. The number of carbonyl (C=O) groups excluding carboxylic acids is 1. The van der Waals surface area contributed by atoms with Crippen LogP contribution in [0.25, 0.3) is 10.1 Å². The molecule has 3 rings (SSSR count). The van der Waals surface area contributed by atoms with E-state index >= 15 is 0 Å². The minimum absolute atomic E-state index is 0.0298. The molecule has 4 nitrogen and oxygen atoms in total. The second-order valence-electron chi connectivity index (χ2n) is 5.93. The van der Waals surface area contributed by atoms with E-state index in [0.29, 0.717) is 19.8 Å². The molecule has 1 fully saturated rings. The highest BCUT2D eigenvalue weighted by Crippen LogP contribution is 2.27. The molecule has 1 aromatic heterocycles. The third-order valence-corrected chi connectivity index (χ3v) is 5.42. The van der Waals surface area contributed by atoms with Crippen LogP contribution < -0.4 is 5.73 Å². The molecule has 22 heavy (non-hydrogen) atoms. The summed E-state index contributed by atoms with van der Waals surface area (Å²) in [6.45, 7) is 2.04. The largest absolute Gasteiger partial charge is 0.381 e. The van der Waals surface area contributed by atoms with Gasteiger partial charge in [-0.2, -0.15) is 0 Å². The van der Waals surface area contributed by atoms with Gasteiger partial charge in [0.2, 0.25) is 5.91 Å². The normalized spacial score (nSPS) is 17.5. The first-order valence-electron chi connectivity index (χ1n) is 7.70. The van der Waals surface area contributed by atoms with Crippen molar-refractivity contribution in [1.29, 1.82) is 0 Å². The van der Waals surface area contributed by atoms with Crippen LogP contribution in [-0.4, -0.2) is 37.1 Å². The first-order valence-corrected chi connectivity index (χ1v) is 8.58. The number of ether oxygens (including phenoxy) is 1. The van der Waals surface area contributed by atoms with Gasteiger partial charge in [0.15, 0.2) is 0 Å². The van der Waals surface area contributed by atoms with E-state index in [0.717, 1.165) is 12.8 Å². The Morgan fingerprint density at radius 2 is 2.14 bits per heavy atom. The number of likely N-dealkylation sites (N-methyl/N-ethyl adjacent to an activating group) is 1. The minimum Gasteiger partial charge on any atom is -0.381 e. The van der Waals surface area contributed by atoms with Crippen LogP contribution in [0.2, 0.25) is 0 Å². The molecule has 1 atom stereocenters. The van der Waals surface area contributed by atoms with Crippen molar-refractivity contribution in [3.8, 4) is 0 Å². The summed E-state index contributed by atoms with van der Waals surface area (Å²) in [4.78, 5) is 14.3. The van der Waals surface area contributed by atoms with E-state index in [1.54, 1.807) is 16.2 Å². The lowest BCUT2D eigenvalue weighted by Crippen LogP contribution is -2.47. The first kappa shape index (κ1) is 15.5. The van der Waals surface area contributed by atoms with E-state index in [1.807, 2.05) is 19.2 Å². The monoisotopic (exact) mass is 318 g/mol. The van der Waals surface area contributed by atoms with Gasteiger partial charge in [-0.25, -0.2) is 0 Å². The maximum Gasteiger partial charge on any atom is 0.239 e. The summed E-state index contributed by atoms with van der Waals surface area (Å²) in [5, 5.41) is 3.36. The Morgan fingerprint density at radius 1 is 1.41 bits per heavy atom. The molecule has 2 heterocycles. The molecule has 1 unspecified atom stereocenters. The van der Waals surface area contributed by atoms with Crippen LogP contribution >= 0.6 is 11.3 Å². The lowest BCUT2D eigenvalue weighted by atomic mass is 9.91. The maximum absolute atomic E-state index is 12.6. The van der Waals surface area contributed by atoms with E-state index in [9.17, 15) is 4.79 Å². The fraction of sp³-hybridized carbons (Fsp3) is 0.471. The maximum atomic E-state index is 12.6. The van der Waals surface area contributed by atoms with Gasteiger partial charge in [-0.1, -0.05) is 18.2 Å². The number of nitrogens with zero attached hydrogens (tertiary/aromatic N) is 1. The minimum atomic E-state index is -0.418. The number of benzene rings is 1. The summed E-state index contributed by atoms with van der Waals surface area (Å²) in [7, 11) is 1.84. The second-order valence-corrected chi connectivity index (χ2v) is 6.84. The topological polar surface area (TPSA) is 55.6 Å². The van der Waals surface area contributed by atoms with Gasteiger partial charge < -0.3 is 15.4 Å². The van der Waals surface area contributed by atoms with Crippen molar-refractivity contribution in [3.63, 3.8) is 0 Å². The van der Waals surface area contributed by atoms with Crippen LogP contribution in [0, 0.1) is 5.92 Å². The first-order chi connectivity index (χ1) is 10.7. The van der Waals surface area contributed by atoms with Gasteiger partial charge in [0.05, 0.1) is 6.04 Å². The SMILES string of the molecule is CN(Cc1csc2ccccc12)C(=O)C(N)C1CCOCC1. The second kappa shape index (κ2) is 6.77. The smallest absolute Gasteiger partial charge is 0.239 e. The molecular weight excluding hydrogens is 296 g/mol. The predicted octanol–water partition coefficient (Wildman–Crippen LogP) is 2.61. The molecular formula is C17H22N2O2S.